The molecule has 6 nitrogen and oxygen atoms in total. The smallest absolute Gasteiger partial charge is 0.326 e. The van der Waals surface area contributed by atoms with E-state index in [-0.39, 0.29) is 0 Å². The summed E-state index contributed by atoms with van der Waals surface area (Å²) < 4.78 is 0. The van der Waals surface area contributed by atoms with Crippen LogP contribution < -0.4 is 5.32 Å². The van der Waals surface area contributed by atoms with Crippen molar-refractivity contribution in [3.63, 3.8) is 0 Å². The molecule has 1 aromatic heterocycles. The summed E-state index contributed by atoms with van der Waals surface area (Å²) >= 11 is 1.45. The lowest BCUT2D eigenvalue weighted by atomic mass is 10.2. The van der Waals surface area contributed by atoms with Crippen LogP contribution >= 0.6 is 11.3 Å². The van der Waals surface area contributed by atoms with Crippen LogP contribution in [0.5, 0.6) is 0 Å². The summed E-state index contributed by atoms with van der Waals surface area (Å²) in [5, 5.41) is 13.1. The summed E-state index contributed by atoms with van der Waals surface area (Å²) in [5.74, 6) is -1.03. The van der Waals surface area contributed by atoms with Gasteiger partial charge in [-0.15, -0.1) is 11.3 Å². The zero-order valence-electron chi connectivity index (χ0n) is 9.71. The first-order chi connectivity index (χ1) is 8.04. The molecule has 1 rings (SSSR count). The van der Waals surface area contributed by atoms with Crippen molar-refractivity contribution in [3.8, 4) is 0 Å². The Morgan fingerprint density at radius 2 is 2.35 bits per heavy atom. The minimum absolute atomic E-state index is 0.353. The van der Waals surface area contributed by atoms with Gasteiger partial charge in [0.2, 0.25) is 0 Å². The summed E-state index contributed by atoms with van der Waals surface area (Å²) in [4.78, 5) is 27.9. The Bertz CT molecular complexity index is 380. The molecule has 0 spiro atoms. The van der Waals surface area contributed by atoms with Crippen LogP contribution in [0.1, 0.15) is 19.0 Å². The second-order valence-corrected chi connectivity index (χ2v) is 4.30. The molecule has 7 heteroatoms. The minimum atomic E-state index is -1.03. The van der Waals surface area contributed by atoms with E-state index in [1.807, 2.05) is 5.38 Å². The van der Waals surface area contributed by atoms with Crippen molar-refractivity contribution in [2.45, 2.75) is 25.9 Å². The highest BCUT2D eigenvalue weighted by Gasteiger charge is 2.19. The van der Waals surface area contributed by atoms with Crippen molar-refractivity contribution in [2.75, 3.05) is 7.05 Å². The van der Waals surface area contributed by atoms with Crippen LogP contribution in [0.4, 0.5) is 4.79 Å². The highest BCUT2D eigenvalue weighted by molar-refractivity contribution is 7.07. The molecule has 0 aromatic carbocycles. The van der Waals surface area contributed by atoms with E-state index in [1.165, 1.54) is 16.2 Å². The first-order valence-electron chi connectivity index (χ1n) is 5.16. The van der Waals surface area contributed by atoms with Crippen LogP contribution in [-0.2, 0) is 11.3 Å². The summed E-state index contributed by atoms with van der Waals surface area (Å²) in [7, 11) is 1.60. The average Bonchev–Trinajstić information content (AvgIpc) is 2.77. The fourth-order valence-corrected chi connectivity index (χ4v) is 1.78. The van der Waals surface area contributed by atoms with E-state index in [0.717, 1.165) is 5.69 Å². The number of nitrogens with zero attached hydrogens (tertiary/aromatic N) is 2. The Morgan fingerprint density at radius 3 is 2.82 bits per heavy atom. The van der Waals surface area contributed by atoms with Gasteiger partial charge in [-0.25, -0.2) is 14.6 Å². The fraction of sp³-hybridized carbons (Fsp3) is 0.500. The molecule has 2 N–H and O–H groups in total. The van der Waals surface area contributed by atoms with Gasteiger partial charge < -0.3 is 15.3 Å². The van der Waals surface area contributed by atoms with Gasteiger partial charge in [0, 0.05) is 12.4 Å². The maximum atomic E-state index is 11.7. The molecule has 0 saturated carbocycles. The minimum Gasteiger partial charge on any atom is -0.480 e. The molecular weight excluding hydrogens is 242 g/mol. The van der Waals surface area contributed by atoms with Crippen LogP contribution in [-0.4, -0.2) is 40.1 Å². The number of nitrogens with one attached hydrogen (secondary N) is 1. The number of amides is 2. The lowest BCUT2D eigenvalue weighted by Crippen LogP contribution is -2.46. The zero-order chi connectivity index (χ0) is 12.8. The van der Waals surface area contributed by atoms with E-state index in [9.17, 15) is 9.59 Å². The van der Waals surface area contributed by atoms with Gasteiger partial charge in [0.05, 0.1) is 17.7 Å². The highest BCUT2D eigenvalue weighted by Crippen LogP contribution is 2.04. The summed E-state index contributed by atoms with van der Waals surface area (Å²) in [6, 6.07) is -1.26. The van der Waals surface area contributed by atoms with Crippen molar-refractivity contribution >= 4 is 23.3 Å². The Labute approximate surface area is 103 Å². The molecule has 0 fully saturated rings. The highest BCUT2D eigenvalue weighted by atomic mass is 32.1. The van der Waals surface area contributed by atoms with Gasteiger partial charge in [-0.1, -0.05) is 6.92 Å². The third-order valence-electron chi connectivity index (χ3n) is 2.23. The number of thiazole rings is 1. The van der Waals surface area contributed by atoms with Crippen molar-refractivity contribution < 1.29 is 14.7 Å². The second-order valence-electron chi connectivity index (χ2n) is 3.58. The molecule has 1 heterocycles. The first kappa shape index (κ1) is 13.4. The fourth-order valence-electron chi connectivity index (χ4n) is 1.23. The number of carbonyl (C=O) groups is 2. The number of hydrogen-bond acceptors (Lipinski definition) is 4. The number of carboxylic acids is 1. The van der Waals surface area contributed by atoms with Crippen LogP contribution in [0.25, 0.3) is 0 Å². The molecule has 0 aliphatic carbocycles. The van der Waals surface area contributed by atoms with Crippen molar-refractivity contribution in [2.24, 2.45) is 0 Å². The molecule has 1 aromatic rings. The third kappa shape index (κ3) is 4.03. The monoisotopic (exact) mass is 257 g/mol. The Balaban J connectivity index is 2.49. The quantitative estimate of drug-likeness (QED) is 0.829. The number of hydrogen-bond donors (Lipinski definition) is 2. The van der Waals surface area contributed by atoms with Crippen LogP contribution in [0.3, 0.4) is 0 Å². The van der Waals surface area contributed by atoms with E-state index < -0.39 is 18.0 Å². The standard InChI is InChI=1S/C10H15N3O3S/c1-3-8(9(14)15)12-10(16)13(2)4-7-5-17-6-11-7/h5-6,8H,3-4H2,1-2H3,(H,12,16)(H,14,15)/t8-/m1/s1. The van der Waals surface area contributed by atoms with Gasteiger partial charge in [0.1, 0.15) is 6.04 Å². The van der Waals surface area contributed by atoms with E-state index in [4.69, 9.17) is 5.11 Å². The van der Waals surface area contributed by atoms with Gasteiger partial charge in [0.25, 0.3) is 0 Å². The molecule has 0 bridgehead atoms. The average molecular weight is 257 g/mol. The number of aromatic nitrogens is 1. The van der Waals surface area contributed by atoms with E-state index >= 15 is 0 Å². The molecule has 2 amide bonds. The third-order valence-corrected chi connectivity index (χ3v) is 2.87. The first-order valence-corrected chi connectivity index (χ1v) is 6.10. The molecule has 0 unspecified atom stereocenters. The van der Waals surface area contributed by atoms with Crippen molar-refractivity contribution in [1.82, 2.24) is 15.2 Å². The second kappa shape index (κ2) is 6.19. The number of carboxylic acid groups (broad SMARTS) is 1. The molecular formula is C10H15N3O3S. The Hall–Kier alpha value is -1.63. The number of urea groups is 1. The summed E-state index contributed by atoms with van der Waals surface area (Å²) in [5.41, 5.74) is 2.48. The van der Waals surface area contributed by atoms with Gasteiger partial charge in [0.15, 0.2) is 0 Å². The van der Waals surface area contributed by atoms with Gasteiger partial charge >= 0.3 is 12.0 Å². The SMILES string of the molecule is CC[C@@H](NC(=O)N(C)Cc1cscn1)C(=O)O. The normalized spacial score (nSPS) is 11.9. The zero-order valence-corrected chi connectivity index (χ0v) is 10.5. The predicted octanol–water partition coefficient (Wildman–Crippen LogP) is 1.15. The molecule has 0 aliphatic rings. The largest absolute Gasteiger partial charge is 0.480 e. The van der Waals surface area contributed by atoms with Crippen molar-refractivity contribution in [3.05, 3.63) is 16.6 Å². The van der Waals surface area contributed by atoms with E-state index in [1.54, 1.807) is 19.5 Å². The van der Waals surface area contributed by atoms with Gasteiger partial charge in [-0.05, 0) is 6.42 Å². The Kier molecular flexibility index (Phi) is 4.89. The maximum Gasteiger partial charge on any atom is 0.326 e. The van der Waals surface area contributed by atoms with E-state index in [2.05, 4.69) is 10.3 Å². The summed E-state index contributed by atoms with van der Waals surface area (Å²) in [6.07, 6.45) is 0.353. The molecule has 17 heavy (non-hydrogen) atoms. The van der Waals surface area contributed by atoms with Gasteiger partial charge in [-0.3, -0.25) is 0 Å². The molecule has 0 aliphatic heterocycles. The lowest BCUT2D eigenvalue weighted by molar-refractivity contribution is -0.139. The summed E-state index contributed by atoms with van der Waals surface area (Å²) in [6.45, 7) is 2.07. The van der Waals surface area contributed by atoms with E-state index in [0.29, 0.717) is 13.0 Å². The molecule has 94 valence electrons. The number of aliphatic carboxylic acids is 1. The molecule has 1 atom stereocenters. The topological polar surface area (TPSA) is 82.5 Å². The van der Waals surface area contributed by atoms with Gasteiger partial charge in [-0.2, -0.15) is 0 Å². The van der Waals surface area contributed by atoms with Crippen LogP contribution in [0, 0.1) is 0 Å². The van der Waals surface area contributed by atoms with Crippen molar-refractivity contribution in [1.29, 1.82) is 0 Å². The predicted molar refractivity (Wildman–Crippen MR) is 63.8 cm³/mol. The Morgan fingerprint density at radius 1 is 1.65 bits per heavy atom. The lowest BCUT2D eigenvalue weighted by Gasteiger charge is -2.19. The number of carbonyl (C=O) groups excluding carboxylic acids is 1. The van der Waals surface area contributed by atoms with Crippen LogP contribution in [0.2, 0.25) is 0 Å². The number of rotatable bonds is 5. The maximum absolute atomic E-state index is 11.7. The molecule has 0 saturated heterocycles. The van der Waals surface area contributed by atoms with Crippen LogP contribution in [0.15, 0.2) is 10.9 Å². The molecule has 0 radical (unpaired) electrons.